The quantitative estimate of drug-likeness (QED) is 0.399. The van der Waals surface area contributed by atoms with E-state index < -0.39 is 0 Å². The van der Waals surface area contributed by atoms with Crippen LogP contribution in [-0.2, 0) is 0 Å². The Balaban J connectivity index is 1.93. The Morgan fingerprint density at radius 2 is 1.19 bits per heavy atom. The van der Waals surface area contributed by atoms with Gasteiger partial charge in [-0.15, -0.1) is 0 Å². The molecule has 0 unspecified atom stereocenters. The number of fused-ring (bicyclic) bond motifs is 2. The van der Waals surface area contributed by atoms with Crippen molar-refractivity contribution in [1.29, 1.82) is 0 Å². The zero-order valence-corrected chi connectivity index (χ0v) is 12.0. The second-order valence-electron chi connectivity index (χ2n) is 5.57. The van der Waals surface area contributed by atoms with Crippen LogP contribution in [0, 0.1) is 6.92 Å². The Hall–Kier alpha value is -2.60. The maximum atomic E-state index is 2.30. The van der Waals surface area contributed by atoms with E-state index in [1.807, 2.05) is 0 Å². The number of rotatable bonds is 1. The van der Waals surface area contributed by atoms with Crippen LogP contribution < -0.4 is 0 Å². The van der Waals surface area contributed by atoms with E-state index >= 15 is 0 Å². The van der Waals surface area contributed by atoms with Gasteiger partial charge in [-0.3, -0.25) is 0 Å². The summed E-state index contributed by atoms with van der Waals surface area (Å²) in [7, 11) is 0. The van der Waals surface area contributed by atoms with Crippen molar-refractivity contribution in [2.45, 2.75) is 6.92 Å². The summed E-state index contributed by atoms with van der Waals surface area (Å²) in [5, 5.41) is 5.22. The zero-order chi connectivity index (χ0) is 14.2. The van der Waals surface area contributed by atoms with Crippen molar-refractivity contribution in [3.05, 3.63) is 84.4 Å². The summed E-state index contributed by atoms with van der Waals surface area (Å²) in [6.07, 6.45) is 0. The first-order chi connectivity index (χ1) is 10.3. The lowest BCUT2D eigenvalue weighted by Gasteiger charge is -2.07. The molecule has 0 aliphatic heterocycles. The van der Waals surface area contributed by atoms with Crippen molar-refractivity contribution in [3.8, 4) is 11.1 Å². The van der Waals surface area contributed by atoms with E-state index in [0.29, 0.717) is 0 Å². The first-order valence-corrected chi connectivity index (χ1v) is 7.30. The van der Waals surface area contributed by atoms with E-state index in [1.165, 1.54) is 38.2 Å². The Bertz CT molecular complexity index is 948. The number of hydrogen-bond acceptors (Lipinski definition) is 0. The second kappa shape index (κ2) is 4.75. The Morgan fingerprint density at radius 3 is 2.05 bits per heavy atom. The lowest BCUT2D eigenvalue weighted by molar-refractivity contribution is 1.53. The zero-order valence-electron chi connectivity index (χ0n) is 12.0. The maximum absolute atomic E-state index is 2.30. The molecule has 100 valence electrons. The summed E-state index contributed by atoms with van der Waals surface area (Å²) in [4.78, 5) is 0. The van der Waals surface area contributed by atoms with Gasteiger partial charge in [0.25, 0.3) is 0 Å². The average molecular weight is 268 g/mol. The molecule has 0 radical (unpaired) electrons. The second-order valence-corrected chi connectivity index (χ2v) is 5.57. The number of benzene rings is 4. The molecular weight excluding hydrogens is 252 g/mol. The molecule has 4 aromatic carbocycles. The summed E-state index contributed by atoms with van der Waals surface area (Å²) in [5.74, 6) is 0. The largest absolute Gasteiger partial charge is 0.0616 e. The number of hydrogen-bond donors (Lipinski definition) is 0. The number of aryl methyl sites for hydroxylation is 1. The minimum absolute atomic E-state index is 1.28. The molecule has 0 atom stereocenters. The third-order valence-corrected chi connectivity index (χ3v) is 4.18. The molecule has 0 saturated carbocycles. The first kappa shape index (κ1) is 12.2. The molecule has 0 aliphatic carbocycles. The molecule has 0 bridgehead atoms. The molecule has 0 nitrogen and oxygen atoms in total. The Morgan fingerprint density at radius 1 is 0.524 bits per heavy atom. The van der Waals surface area contributed by atoms with Gasteiger partial charge < -0.3 is 0 Å². The van der Waals surface area contributed by atoms with Gasteiger partial charge in [0.2, 0.25) is 0 Å². The van der Waals surface area contributed by atoms with Crippen molar-refractivity contribution >= 4 is 21.5 Å². The standard InChI is InChI=1S/C21H16/c1-15-5-4-8-17-10-12-20(14-21(15)17)19-11-9-16-6-2-3-7-18(16)13-19/h2-14H,1H3. The first-order valence-electron chi connectivity index (χ1n) is 7.30. The highest BCUT2D eigenvalue weighted by atomic mass is 14.1. The van der Waals surface area contributed by atoms with E-state index in [2.05, 4.69) is 85.8 Å². The Kier molecular flexibility index (Phi) is 2.75. The van der Waals surface area contributed by atoms with Gasteiger partial charge in [0, 0.05) is 0 Å². The van der Waals surface area contributed by atoms with Crippen molar-refractivity contribution in [1.82, 2.24) is 0 Å². The van der Waals surface area contributed by atoms with Crippen molar-refractivity contribution in [3.63, 3.8) is 0 Å². The van der Waals surface area contributed by atoms with Crippen LogP contribution in [-0.4, -0.2) is 0 Å². The highest BCUT2D eigenvalue weighted by Gasteiger charge is 2.02. The van der Waals surface area contributed by atoms with Crippen LogP contribution in [0.5, 0.6) is 0 Å². The van der Waals surface area contributed by atoms with Crippen LogP contribution in [0.25, 0.3) is 32.7 Å². The normalized spacial score (nSPS) is 11.1. The fourth-order valence-corrected chi connectivity index (χ4v) is 2.98. The highest BCUT2D eigenvalue weighted by molar-refractivity contribution is 5.92. The van der Waals surface area contributed by atoms with Crippen LogP contribution in [0.2, 0.25) is 0 Å². The third-order valence-electron chi connectivity index (χ3n) is 4.18. The van der Waals surface area contributed by atoms with Crippen LogP contribution in [0.15, 0.2) is 78.9 Å². The molecule has 0 fully saturated rings. The SMILES string of the molecule is Cc1cccc2ccc(-c3ccc4ccccc4c3)cc12. The fraction of sp³-hybridized carbons (Fsp3) is 0.0476. The monoisotopic (exact) mass is 268 g/mol. The fourth-order valence-electron chi connectivity index (χ4n) is 2.98. The molecule has 4 aromatic rings. The predicted molar refractivity (Wildman–Crippen MR) is 91.6 cm³/mol. The molecule has 21 heavy (non-hydrogen) atoms. The molecule has 0 amide bonds. The van der Waals surface area contributed by atoms with Crippen LogP contribution >= 0.6 is 0 Å². The van der Waals surface area contributed by atoms with Gasteiger partial charge in [0.05, 0.1) is 0 Å². The topological polar surface area (TPSA) is 0 Å². The predicted octanol–water partition coefficient (Wildman–Crippen LogP) is 5.97. The minimum Gasteiger partial charge on any atom is -0.0616 e. The lowest BCUT2D eigenvalue weighted by atomic mass is 9.97. The van der Waals surface area contributed by atoms with Crippen molar-refractivity contribution < 1.29 is 0 Å². The molecule has 0 aliphatic rings. The van der Waals surface area contributed by atoms with Gasteiger partial charge in [-0.1, -0.05) is 66.7 Å². The molecular formula is C21H16. The lowest BCUT2D eigenvalue weighted by Crippen LogP contribution is -1.82. The van der Waals surface area contributed by atoms with Crippen LogP contribution in [0.1, 0.15) is 5.56 Å². The molecule has 0 saturated heterocycles. The summed E-state index contributed by atoms with van der Waals surface area (Å²) in [6, 6.07) is 28.4. The van der Waals surface area contributed by atoms with E-state index in [4.69, 9.17) is 0 Å². The van der Waals surface area contributed by atoms with Crippen LogP contribution in [0.4, 0.5) is 0 Å². The molecule has 0 spiro atoms. The maximum Gasteiger partial charge on any atom is -0.0149 e. The van der Waals surface area contributed by atoms with E-state index in [9.17, 15) is 0 Å². The Labute approximate surface area is 124 Å². The van der Waals surface area contributed by atoms with Crippen molar-refractivity contribution in [2.75, 3.05) is 0 Å². The molecule has 0 N–H and O–H groups in total. The summed E-state index contributed by atoms with van der Waals surface area (Å²) < 4.78 is 0. The molecule has 0 heteroatoms. The van der Waals surface area contributed by atoms with Gasteiger partial charge in [0.15, 0.2) is 0 Å². The summed E-state index contributed by atoms with van der Waals surface area (Å²) >= 11 is 0. The molecule has 0 heterocycles. The van der Waals surface area contributed by atoms with E-state index in [0.717, 1.165) is 0 Å². The summed E-state index contributed by atoms with van der Waals surface area (Å²) in [6.45, 7) is 2.17. The van der Waals surface area contributed by atoms with E-state index in [1.54, 1.807) is 0 Å². The third kappa shape index (κ3) is 2.09. The van der Waals surface area contributed by atoms with Crippen molar-refractivity contribution in [2.24, 2.45) is 0 Å². The molecule has 0 aromatic heterocycles. The van der Waals surface area contributed by atoms with Gasteiger partial charge in [0.1, 0.15) is 0 Å². The van der Waals surface area contributed by atoms with Gasteiger partial charge in [-0.05, 0) is 57.3 Å². The van der Waals surface area contributed by atoms with Gasteiger partial charge in [-0.25, -0.2) is 0 Å². The van der Waals surface area contributed by atoms with E-state index in [-0.39, 0.29) is 0 Å². The van der Waals surface area contributed by atoms with Gasteiger partial charge in [-0.2, -0.15) is 0 Å². The highest BCUT2D eigenvalue weighted by Crippen LogP contribution is 2.28. The van der Waals surface area contributed by atoms with Crippen LogP contribution in [0.3, 0.4) is 0 Å². The average Bonchev–Trinajstić information content (AvgIpc) is 2.54. The minimum atomic E-state index is 1.28. The summed E-state index contributed by atoms with van der Waals surface area (Å²) in [5.41, 5.74) is 3.89. The van der Waals surface area contributed by atoms with Gasteiger partial charge >= 0.3 is 0 Å². The smallest absolute Gasteiger partial charge is 0.0149 e. The molecule has 4 rings (SSSR count).